The van der Waals surface area contributed by atoms with E-state index in [4.69, 9.17) is 10.4 Å². The number of likely N-dealkylation sites (tertiary alicyclic amines) is 1. The minimum absolute atomic E-state index is 0. The molecule has 1 aliphatic heterocycles. The summed E-state index contributed by atoms with van der Waals surface area (Å²) in [7, 11) is 0. The van der Waals surface area contributed by atoms with Crippen molar-refractivity contribution in [2.24, 2.45) is 5.10 Å². The number of anilines is 1. The predicted octanol–water partition coefficient (Wildman–Crippen LogP) is 1.16. The summed E-state index contributed by atoms with van der Waals surface area (Å²) in [6, 6.07) is 7.80. The first-order chi connectivity index (χ1) is 17.5. The summed E-state index contributed by atoms with van der Waals surface area (Å²) in [4.78, 5) is 15.4. The molecule has 0 aliphatic carbocycles. The van der Waals surface area contributed by atoms with Crippen molar-refractivity contribution in [3.8, 4) is 11.5 Å². The molecule has 194 valence electrons. The lowest BCUT2D eigenvalue weighted by Gasteiger charge is -2.33. The smallest absolute Gasteiger partial charge is 0.293 e. The Morgan fingerprint density at radius 1 is 1.27 bits per heavy atom. The standard InChI is InChI=1S/C21H25N13O2.ClH/c1-13-6-3-4-9-32(13)11-17-18(25-30-34(17)20-19(22)27-36-28-20)21(35)26-24-14(2)15-7-5-8-16(10-15)33-12-23-29-31-33;/h5,7-8,10,12-13H,3-4,6,9,11H2,1-2H3,(H2,22,27)(H,26,35);1H/b24-14-;. The molecule has 1 aliphatic rings. The van der Waals surface area contributed by atoms with Gasteiger partial charge in [0, 0.05) is 12.6 Å². The summed E-state index contributed by atoms with van der Waals surface area (Å²) >= 11 is 0. The van der Waals surface area contributed by atoms with E-state index < -0.39 is 5.91 Å². The third-order valence-electron chi connectivity index (χ3n) is 6.17. The Balaban J connectivity index is 0.00000320. The van der Waals surface area contributed by atoms with Crippen molar-refractivity contribution in [3.63, 3.8) is 0 Å². The predicted molar refractivity (Wildman–Crippen MR) is 133 cm³/mol. The Hall–Kier alpha value is -4.24. The van der Waals surface area contributed by atoms with Crippen molar-refractivity contribution < 1.29 is 9.42 Å². The number of hydrogen-bond acceptors (Lipinski definition) is 12. The molecule has 1 unspecified atom stereocenters. The van der Waals surface area contributed by atoms with Gasteiger partial charge in [-0.15, -0.1) is 22.6 Å². The van der Waals surface area contributed by atoms with E-state index in [9.17, 15) is 4.79 Å². The number of nitrogens with zero attached hydrogens (tertiary/aromatic N) is 11. The zero-order valence-electron chi connectivity index (χ0n) is 20.2. The van der Waals surface area contributed by atoms with Gasteiger partial charge >= 0.3 is 0 Å². The molecule has 1 aromatic carbocycles. The highest BCUT2D eigenvalue weighted by molar-refractivity contribution is 6.01. The lowest BCUT2D eigenvalue weighted by atomic mass is 10.0. The Morgan fingerprint density at radius 3 is 2.86 bits per heavy atom. The van der Waals surface area contributed by atoms with E-state index in [1.807, 2.05) is 24.3 Å². The molecule has 0 bridgehead atoms. The van der Waals surface area contributed by atoms with Gasteiger partial charge in [0.2, 0.25) is 11.6 Å². The molecule has 15 nitrogen and oxygen atoms in total. The molecule has 0 radical (unpaired) electrons. The average Bonchev–Trinajstić information content (AvgIpc) is 3.65. The average molecular weight is 528 g/mol. The number of tetrazole rings is 1. The molecule has 5 rings (SSSR count). The summed E-state index contributed by atoms with van der Waals surface area (Å²) in [6.07, 6.45) is 4.82. The SMILES string of the molecule is C/C(=N/NC(=O)c1nnn(-c2nonc2N)c1CN1CCCCC1C)c1cccc(-n2cnnn2)c1.Cl. The van der Waals surface area contributed by atoms with E-state index in [0.717, 1.165) is 30.6 Å². The van der Waals surface area contributed by atoms with Gasteiger partial charge in [0.25, 0.3) is 5.91 Å². The Labute approximate surface area is 217 Å². The lowest BCUT2D eigenvalue weighted by Crippen LogP contribution is -2.38. The fourth-order valence-electron chi connectivity index (χ4n) is 4.12. The Morgan fingerprint density at radius 2 is 2.14 bits per heavy atom. The first kappa shape index (κ1) is 25.8. The number of amides is 1. The van der Waals surface area contributed by atoms with Gasteiger partial charge in [0.1, 0.15) is 6.33 Å². The molecule has 0 spiro atoms. The van der Waals surface area contributed by atoms with Gasteiger partial charge in [0.05, 0.1) is 17.1 Å². The molecule has 3 N–H and O–H groups in total. The van der Waals surface area contributed by atoms with Crippen molar-refractivity contribution in [1.82, 2.24) is 55.8 Å². The topological polar surface area (TPSA) is 184 Å². The van der Waals surface area contributed by atoms with Crippen LogP contribution < -0.4 is 11.2 Å². The minimum atomic E-state index is -0.507. The number of piperidine rings is 1. The summed E-state index contributed by atoms with van der Waals surface area (Å²) < 4.78 is 7.67. The minimum Gasteiger partial charge on any atom is -0.378 e. The van der Waals surface area contributed by atoms with Crippen LogP contribution in [0.2, 0.25) is 0 Å². The van der Waals surface area contributed by atoms with Crippen LogP contribution in [-0.2, 0) is 6.54 Å². The van der Waals surface area contributed by atoms with Gasteiger partial charge in [-0.25, -0.2) is 14.7 Å². The molecule has 1 amide bonds. The van der Waals surface area contributed by atoms with Gasteiger partial charge in [-0.2, -0.15) is 9.78 Å². The van der Waals surface area contributed by atoms with Gasteiger partial charge in [0.15, 0.2) is 5.69 Å². The van der Waals surface area contributed by atoms with E-state index in [1.54, 1.807) is 6.92 Å². The fraction of sp³-hybridized carbons (Fsp3) is 0.381. The van der Waals surface area contributed by atoms with E-state index in [0.29, 0.717) is 24.0 Å². The second-order valence-corrected chi connectivity index (χ2v) is 8.53. The number of aromatic nitrogens is 9. The maximum absolute atomic E-state index is 13.2. The Bertz CT molecular complexity index is 1380. The van der Waals surface area contributed by atoms with Crippen molar-refractivity contribution in [2.75, 3.05) is 12.3 Å². The monoisotopic (exact) mass is 527 g/mol. The summed E-state index contributed by atoms with van der Waals surface area (Å²) in [5.41, 5.74) is 11.3. The fourth-order valence-corrected chi connectivity index (χ4v) is 4.12. The molecule has 0 saturated carbocycles. The number of nitrogen functional groups attached to an aromatic ring is 1. The zero-order valence-corrected chi connectivity index (χ0v) is 21.0. The molecule has 37 heavy (non-hydrogen) atoms. The highest BCUT2D eigenvalue weighted by Gasteiger charge is 2.28. The van der Waals surface area contributed by atoms with Gasteiger partial charge in [-0.05, 0) is 71.7 Å². The van der Waals surface area contributed by atoms with Crippen LogP contribution in [0, 0.1) is 0 Å². The number of benzene rings is 1. The number of nitrogens with one attached hydrogen (secondary N) is 1. The summed E-state index contributed by atoms with van der Waals surface area (Å²) in [5.74, 6) is -0.275. The van der Waals surface area contributed by atoms with Crippen molar-refractivity contribution in [2.45, 2.75) is 45.7 Å². The van der Waals surface area contributed by atoms with Crippen molar-refractivity contribution in [1.29, 1.82) is 0 Å². The van der Waals surface area contributed by atoms with Crippen LogP contribution in [0.25, 0.3) is 11.5 Å². The zero-order chi connectivity index (χ0) is 25.1. The van der Waals surface area contributed by atoms with E-state index >= 15 is 0 Å². The number of hydrogen-bond donors (Lipinski definition) is 2. The van der Waals surface area contributed by atoms with E-state index in [-0.39, 0.29) is 29.7 Å². The number of halogens is 1. The first-order valence-corrected chi connectivity index (χ1v) is 11.5. The summed E-state index contributed by atoms with van der Waals surface area (Å²) in [5, 5.41) is 31.2. The van der Waals surface area contributed by atoms with Crippen LogP contribution in [0.1, 0.15) is 54.9 Å². The molecule has 1 fully saturated rings. The van der Waals surface area contributed by atoms with Gasteiger partial charge in [-0.1, -0.05) is 23.8 Å². The molecular formula is C21H26ClN13O2. The highest BCUT2D eigenvalue weighted by atomic mass is 35.5. The van der Waals surface area contributed by atoms with Crippen LogP contribution in [0.5, 0.6) is 0 Å². The van der Waals surface area contributed by atoms with Crippen molar-refractivity contribution in [3.05, 3.63) is 47.5 Å². The number of rotatable bonds is 7. The molecule has 16 heteroatoms. The molecule has 1 saturated heterocycles. The van der Waals surface area contributed by atoms with Crippen molar-refractivity contribution >= 4 is 29.8 Å². The largest absolute Gasteiger partial charge is 0.378 e. The van der Waals surface area contributed by atoms with Crippen LogP contribution in [-0.4, -0.2) is 74.6 Å². The molecular weight excluding hydrogens is 502 g/mol. The number of carbonyl (C=O) groups is 1. The highest BCUT2D eigenvalue weighted by Crippen LogP contribution is 2.23. The van der Waals surface area contributed by atoms with E-state index in [2.05, 4.69) is 58.5 Å². The second kappa shape index (κ2) is 11.2. The summed E-state index contributed by atoms with van der Waals surface area (Å²) in [6.45, 7) is 5.28. The number of carbonyl (C=O) groups excluding carboxylic acids is 1. The first-order valence-electron chi connectivity index (χ1n) is 11.5. The maximum atomic E-state index is 13.2. The quantitative estimate of drug-likeness (QED) is 0.259. The maximum Gasteiger partial charge on any atom is 0.293 e. The third-order valence-corrected chi connectivity index (χ3v) is 6.17. The van der Waals surface area contributed by atoms with Gasteiger partial charge < -0.3 is 5.73 Å². The normalized spacial score (nSPS) is 16.4. The molecule has 3 aromatic heterocycles. The number of hydrazone groups is 1. The third kappa shape index (κ3) is 5.46. The molecule has 4 aromatic rings. The van der Waals surface area contributed by atoms with Crippen LogP contribution in [0.3, 0.4) is 0 Å². The lowest BCUT2D eigenvalue weighted by molar-refractivity contribution is 0.0944. The van der Waals surface area contributed by atoms with E-state index in [1.165, 1.54) is 22.1 Å². The van der Waals surface area contributed by atoms with Crippen LogP contribution in [0.4, 0.5) is 5.82 Å². The second-order valence-electron chi connectivity index (χ2n) is 8.53. The molecule has 4 heterocycles. The van der Waals surface area contributed by atoms with Crippen LogP contribution in [0.15, 0.2) is 40.3 Å². The van der Waals surface area contributed by atoms with Crippen LogP contribution >= 0.6 is 12.4 Å². The number of nitrogens with two attached hydrogens (primary N) is 1. The Kier molecular flexibility index (Phi) is 7.83. The van der Waals surface area contributed by atoms with Gasteiger partial charge in [-0.3, -0.25) is 9.69 Å². The molecule has 1 atom stereocenters.